The van der Waals surface area contributed by atoms with Crippen molar-refractivity contribution in [3.05, 3.63) is 94.7 Å². The summed E-state index contributed by atoms with van der Waals surface area (Å²) in [5, 5.41) is 13.0. The van der Waals surface area contributed by atoms with Gasteiger partial charge in [-0.25, -0.2) is 4.98 Å². The molecule has 0 saturated carbocycles. The van der Waals surface area contributed by atoms with Crippen LogP contribution in [-0.2, 0) is 4.79 Å². The Bertz CT molecular complexity index is 887. The van der Waals surface area contributed by atoms with Gasteiger partial charge in [0.25, 0.3) is 5.69 Å². The first kappa shape index (κ1) is 17.6. The van der Waals surface area contributed by atoms with Crippen molar-refractivity contribution >= 4 is 29.2 Å². The summed E-state index contributed by atoms with van der Waals surface area (Å²) < 4.78 is 0. The number of nitro groups is 1. The van der Waals surface area contributed by atoms with Crippen molar-refractivity contribution in [1.29, 1.82) is 0 Å². The average molecular weight is 365 g/mol. The zero-order valence-corrected chi connectivity index (χ0v) is 14.4. The minimum Gasteiger partial charge on any atom is -0.309 e. The largest absolute Gasteiger partial charge is 0.309 e. The van der Waals surface area contributed by atoms with Crippen molar-refractivity contribution in [3.8, 4) is 0 Å². The van der Waals surface area contributed by atoms with Gasteiger partial charge in [-0.1, -0.05) is 48.5 Å². The highest BCUT2D eigenvalue weighted by atomic mass is 32.2. The van der Waals surface area contributed by atoms with Crippen LogP contribution in [0.4, 0.5) is 11.5 Å². The second-order valence-electron chi connectivity index (χ2n) is 5.37. The lowest BCUT2D eigenvalue weighted by Gasteiger charge is -2.16. The van der Waals surface area contributed by atoms with E-state index in [2.05, 4.69) is 10.3 Å². The molecule has 1 heterocycles. The van der Waals surface area contributed by atoms with E-state index in [0.29, 0.717) is 0 Å². The third kappa shape index (κ3) is 4.46. The minimum atomic E-state index is -0.531. The molecule has 2 aromatic carbocycles. The highest BCUT2D eigenvalue weighted by Crippen LogP contribution is 2.36. The normalized spacial score (nSPS) is 11.5. The summed E-state index contributed by atoms with van der Waals surface area (Å²) in [5.41, 5.74) is 0.738. The van der Waals surface area contributed by atoms with Gasteiger partial charge < -0.3 is 5.32 Å². The Morgan fingerprint density at radius 2 is 1.65 bits per heavy atom. The maximum Gasteiger partial charge on any atom is 0.287 e. The van der Waals surface area contributed by atoms with Crippen LogP contribution in [0.5, 0.6) is 0 Å². The van der Waals surface area contributed by atoms with Gasteiger partial charge in [-0.15, -0.1) is 11.8 Å². The number of anilines is 1. The number of amides is 1. The molecule has 0 aliphatic heterocycles. The second-order valence-corrected chi connectivity index (χ2v) is 6.55. The molecule has 3 rings (SSSR count). The number of hydrogen-bond donors (Lipinski definition) is 1. The van der Waals surface area contributed by atoms with E-state index in [1.165, 1.54) is 23.9 Å². The fourth-order valence-electron chi connectivity index (χ4n) is 2.30. The van der Waals surface area contributed by atoms with E-state index in [4.69, 9.17) is 0 Å². The minimum absolute atomic E-state index is 0.124. The SMILES string of the molecule is O=C(Nc1ccc([N+](=O)[O-])cn1)[C@H](Sc1ccccc1)c1ccccc1. The Kier molecular flexibility index (Phi) is 5.60. The monoisotopic (exact) mass is 365 g/mol. The first-order valence-electron chi connectivity index (χ1n) is 7.81. The van der Waals surface area contributed by atoms with E-state index in [9.17, 15) is 14.9 Å². The number of carbonyl (C=O) groups is 1. The Hall–Kier alpha value is -3.19. The highest BCUT2D eigenvalue weighted by Gasteiger charge is 2.22. The van der Waals surface area contributed by atoms with Gasteiger partial charge in [0, 0.05) is 11.0 Å². The third-order valence-electron chi connectivity index (χ3n) is 3.55. The summed E-state index contributed by atoms with van der Waals surface area (Å²) in [6.45, 7) is 0. The van der Waals surface area contributed by atoms with Crippen LogP contribution >= 0.6 is 11.8 Å². The van der Waals surface area contributed by atoms with Crippen molar-refractivity contribution in [2.24, 2.45) is 0 Å². The van der Waals surface area contributed by atoms with Crippen LogP contribution in [0.1, 0.15) is 10.8 Å². The fraction of sp³-hybridized carbons (Fsp3) is 0.0526. The molecule has 0 bridgehead atoms. The highest BCUT2D eigenvalue weighted by molar-refractivity contribution is 8.00. The van der Waals surface area contributed by atoms with E-state index in [1.54, 1.807) is 0 Å². The van der Waals surface area contributed by atoms with Gasteiger partial charge >= 0.3 is 0 Å². The molecule has 0 aliphatic carbocycles. The molecule has 0 spiro atoms. The third-order valence-corrected chi connectivity index (χ3v) is 4.81. The molecule has 1 atom stereocenters. The van der Waals surface area contributed by atoms with Gasteiger partial charge in [-0.05, 0) is 23.8 Å². The quantitative estimate of drug-likeness (QED) is 0.396. The van der Waals surface area contributed by atoms with Gasteiger partial charge in [0.05, 0.1) is 4.92 Å². The summed E-state index contributed by atoms with van der Waals surface area (Å²) in [7, 11) is 0. The van der Waals surface area contributed by atoms with Crippen molar-refractivity contribution in [1.82, 2.24) is 4.98 Å². The van der Waals surface area contributed by atoms with E-state index in [0.717, 1.165) is 16.7 Å². The molecular formula is C19H15N3O3S. The van der Waals surface area contributed by atoms with Gasteiger partial charge in [-0.2, -0.15) is 0 Å². The summed E-state index contributed by atoms with van der Waals surface area (Å²) in [6.07, 6.45) is 1.12. The fourth-order valence-corrected chi connectivity index (χ4v) is 3.34. The summed E-state index contributed by atoms with van der Waals surface area (Å²) in [5.74, 6) is 0.0293. The van der Waals surface area contributed by atoms with Crippen LogP contribution < -0.4 is 5.32 Å². The molecule has 0 saturated heterocycles. The Balaban J connectivity index is 1.81. The smallest absolute Gasteiger partial charge is 0.287 e. The predicted molar refractivity (Wildman–Crippen MR) is 101 cm³/mol. The molecule has 0 unspecified atom stereocenters. The predicted octanol–water partition coefficient (Wildman–Crippen LogP) is 4.46. The summed E-state index contributed by atoms with van der Waals surface area (Å²) in [4.78, 5) is 27.9. The maximum atomic E-state index is 12.8. The standard InChI is InChI=1S/C19H15N3O3S/c23-19(21-17-12-11-15(13-20-17)22(24)25)18(14-7-3-1-4-8-14)26-16-9-5-2-6-10-16/h1-13,18H,(H,20,21,23)/t18-/m1/s1. The number of nitrogens with one attached hydrogen (secondary N) is 1. The van der Waals surface area contributed by atoms with Crippen LogP contribution in [-0.4, -0.2) is 15.8 Å². The van der Waals surface area contributed by atoms with Crippen molar-refractivity contribution in [2.75, 3.05) is 5.32 Å². The molecule has 1 N–H and O–H groups in total. The van der Waals surface area contributed by atoms with Crippen LogP contribution in [0.25, 0.3) is 0 Å². The second kappa shape index (κ2) is 8.26. The van der Waals surface area contributed by atoms with E-state index >= 15 is 0 Å². The first-order valence-corrected chi connectivity index (χ1v) is 8.69. The van der Waals surface area contributed by atoms with Crippen LogP contribution in [0.2, 0.25) is 0 Å². The molecular weight excluding hydrogens is 350 g/mol. The lowest BCUT2D eigenvalue weighted by Crippen LogP contribution is -2.19. The van der Waals surface area contributed by atoms with Crippen molar-refractivity contribution < 1.29 is 9.72 Å². The molecule has 3 aromatic rings. The topological polar surface area (TPSA) is 85.1 Å². The molecule has 1 aromatic heterocycles. The number of nitrogens with zero attached hydrogens (tertiary/aromatic N) is 2. The van der Waals surface area contributed by atoms with Crippen molar-refractivity contribution in [3.63, 3.8) is 0 Å². The maximum absolute atomic E-state index is 12.8. The number of thioether (sulfide) groups is 1. The van der Waals surface area contributed by atoms with Crippen LogP contribution in [0.3, 0.4) is 0 Å². The molecule has 26 heavy (non-hydrogen) atoms. The van der Waals surface area contributed by atoms with Gasteiger partial charge in [0.1, 0.15) is 17.3 Å². The number of hydrogen-bond acceptors (Lipinski definition) is 5. The molecule has 130 valence electrons. The van der Waals surface area contributed by atoms with Crippen LogP contribution in [0.15, 0.2) is 83.9 Å². The Labute approximate surface area is 154 Å². The number of benzene rings is 2. The molecule has 1 amide bonds. The lowest BCUT2D eigenvalue weighted by atomic mass is 10.1. The van der Waals surface area contributed by atoms with E-state index < -0.39 is 10.2 Å². The molecule has 0 fully saturated rings. The molecule has 0 aliphatic rings. The van der Waals surface area contributed by atoms with E-state index in [-0.39, 0.29) is 17.4 Å². The lowest BCUT2D eigenvalue weighted by molar-refractivity contribution is -0.385. The van der Waals surface area contributed by atoms with Gasteiger partial charge in [0.2, 0.25) is 5.91 Å². The number of aromatic nitrogens is 1. The van der Waals surface area contributed by atoms with Gasteiger partial charge in [-0.3, -0.25) is 14.9 Å². The van der Waals surface area contributed by atoms with Crippen molar-refractivity contribution in [2.45, 2.75) is 10.1 Å². The summed E-state index contributed by atoms with van der Waals surface area (Å²) >= 11 is 1.43. The van der Waals surface area contributed by atoms with E-state index in [1.807, 2.05) is 60.7 Å². The molecule has 7 heteroatoms. The average Bonchev–Trinajstić information content (AvgIpc) is 2.68. The number of pyridine rings is 1. The Morgan fingerprint density at radius 1 is 1.00 bits per heavy atom. The summed E-state index contributed by atoms with van der Waals surface area (Å²) in [6, 6.07) is 21.8. The Morgan fingerprint density at radius 3 is 2.23 bits per heavy atom. The zero-order valence-electron chi connectivity index (χ0n) is 13.6. The van der Waals surface area contributed by atoms with Gasteiger partial charge in [0.15, 0.2) is 0 Å². The number of carbonyl (C=O) groups excluding carboxylic acids is 1. The molecule has 0 radical (unpaired) electrons. The molecule has 6 nitrogen and oxygen atoms in total. The first-order chi connectivity index (χ1) is 12.6. The number of rotatable bonds is 6. The zero-order chi connectivity index (χ0) is 18.4. The van der Waals surface area contributed by atoms with Crippen LogP contribution in [0, 0.1) is 10.1 Å².